The molecule has 0 saturated heterocycles. The van der Waals surface area contributed by atoms with Crippen molar-refractivity contribution in [3.63, 3.8) is 0 Å². The minimum Gasteiger partial charge on any atom is -0.298 e. The van der Waals surface area contributed by atoms with Crippen LogP contribution in [0.4, 0.5) is 0 Å². The van der Waals surface area contributed by atoms with Gasteiger partial charge in [-0.25, -0.2) is 4.89 Å². The molecule has 9 heavy (non-hydrogen) atoms. The molecule has 0 aromatic heterocycles. The topological polar surface area (TPSA) is 58.6 Å². The normalized spacial score (nSPS) is 13.2. The second-order valence-electron chi connectivity index (χ2n) is 1.81. The number of hydrogen-bond acceptors (Lipinski definition) is 4. The van der Waals surface area contributed by atoms with Crippen molar-refractivity contribution in [2.24, 2.45) is 0 Å². The van der Waals surface area contributed by atoms with Gasteiger partial charge < -0.3 is 0 Å². The first-order chi connectivity index (χ1) is 4.18. The number of ketones is 1. The Labute approximate surface area is 53.7 Å². The fourth-order valence-electron chi connectivity index (χ4n) is 0.306. The number of carbonyl (C=O) groups excluding carboxylic acids is 1. The molecule has 4 nitrogen and oxygen atoms in total. The summed E-state index contributed by atoms with van der Waals surface area (Å²) in [5.74, 6) is 0.0204. The van der Waals surface area contributed by atoms with Crippen molar-refractivity contribution in [3.8, 4) is 0 Å². The molecule has 0 aromatic carbocycles. The summed E-state index contributed by atoms with van der Waals surface area (Å²) in [6, 6.07) is -0.253. The molecule has 1 atom stereocenters. The largest absolute Gasteiger partial charge is 0.298 e. The molecule has 0 aliphatic heterocycles. The van der Waals surface area contributed by atoms with Gasteiger partial charge in [-0.3, -0.25) is 15.4 Å². The van der Waals surface area contributed by atoms with E-state index in [1.165, 1.54) is 6.92 Å². The predicted octanol–water partition coefficient (Wildman–Crippen LogP) is 0.000600. The van der Waals surface area contributed by atoms with Gasteiger partial charge in [0, 0.05) is 0 Å². The number of Topliss-reactive ketones (excluding diaryl/α,β-unsaturated/α-hetero) is 1. The van der Waals surface area contributed by atoms with Gasteiger partial charge in [-0.15, -0.1) is 0 Å². The summed E-state index contributed by atoms with van der Waals surface area (Å²) in [4.78, 5) is 14.1. The van der Waals surface area contributed by atoms with Crippen molar-refractivity contribution in [2.75, 3.05) is 6.73 Å². The fourth-order valence-corrected chi connectivity index (χ4v) is 0.306. The van der Waals surface area contributed by atoms with E-state index in [-0.39, 0.29) is 18.6 Å². The lowest BCUT2D eigenvalue weighted by molar-refractivity contribution is -0.248. The molecule has 0 aromatic rings. The molecule has 0 heterocycles. The van der Waals surface area contributed by atoms with Crippen LogP contribution in [0.2, 0.25) is 0 Å². The van der Waals surface area contributed by atoms with Gasteiger partial charge in [-0.1, -0.05) is 0 Å². The van der Waals surface area contributed by atoms with Crippen LogP contribution in [0.25, 0.3) is 0 Å². The molecule has 0 fully saturated rings. The summed E-state index contributed by atoms with van der Waals surface area (Å²) in [6.07, 6.45) is 0. The van der Waals surface area contributed by atoms with Gasteiger partial charge in [0.2, 0.25) is 0 Å². The maximum absolute atomic E-state index is 10.4. The van der Waals surface area contributed by atoms with Crippen molar-refractivity contribution in [1.82, 2.24) is 5.32 Å². The first-order valence-corrected chi connectivity index (χ1v) is 2.68. The summed E-state index contributed by atoms with van der Waals surface area (Å²) >= 11 is 0. The van der Waals surface area contributed by atoms with E-state index in [9.17, 15) is 4.79 Å². The third-order valence-electron chi connectivity index (χ3n) is 1.06. The van der Waals surface area contributed by atoms with E-state index in [0.717, 1.165) is 0 Å². The van der Waals surface area contributed by atoms with Crippen molar-refractivity contribution in [1.29, 1.82) is 0 Å². The Hall–Kier alpha value is -0.450. The molecule has 2 N–H and O–H groups in total. The first kappa shape index (κ1) is 8.55. The third kappa shape index (κ3) is 4.08. The van der Waals surface area contributed by atoms with Crippen LogP contribution in [0.15, 0.2) is 0 Å². The second-order valence-corrected chi connectivity index (χ2v) is 1.81. The zero-order valence-corrected chi connectivity index (χ0v) is 5.55. The van der Waals surface area contributed by atoms with E-state index in [4.69, 9.17) is 5.26 Å². The monoisotopic (exact) mass is 133 g/mol. The highest BCUT2D eigenvalue weighted by Gasteiger charge is 2.04. The van der Waals surface area contributed by atoms with Crippen LogP contribution in [-0.4, -0.2) is 23.8 Å². The van der Waals surface area contributed by atoms with Gasteiger partial charge in [0.15, 0.2) is 0 Å². The first-order valence-electron chi connectivity index (χ1n) is 2.68. The van der Waals surface area contributed by atoms with Crippen LogP contribution in [0.5, 0.6) is 0 Å². The number of hydrogen-bond donors (Lipinski definition) is 2. The molecule has 0 aliphatic carbocycles. The van der Waals surface area contributed by atoms with Crippen LogP contribution in [0.1, 0.15) is 13.8 Å². The van der Waals surface area contributed by atoms with E-state index in [2.05, 4.69) is 10.2 Å². The maximum atomic E-state index is 10.4. The van der Waals surface area contributed by atoms with Gasteiger partial charge in [-0.2, -0.15) is 0 Å². The van der Waals surface area contributed by atoms with E-state index in [1.54, 1.807) is 6.92 Å². The lowest BCUT2D eigenvalue weighted by atomic mass is 10.2. The Balaban J connectivity index is 3.27. The molecule has 0 spiro atoms. The van der Waals surface area contributed by atoms with Gasteiger partial charge in [0.1, 0.15) is 12.5 Å². The van der Waals surface area contributed by atoms with Crippen molar-refractivity contribution < 1.29 is 14.9 Å². The van der Waals surface area contributed by atoms with Gasteiger partial charge in [-0.05, 0) is 13.8 Å². The standard InChI is InChI=1S/C5H11NO3/c1-4(5(2)7)6-3-9-8/h4,6,8H,3H2,1-2H3/t4-/m0/s1. The lowest BCUT2D eigenvalue weighted by Gasteiger charge is -2.06. The van der Waals surface area contributed by atoms with E-state index >= 15 is 0 Å². The van der Waals surface area contributed by atoms with E-state index in [0.29, 0.717) is 0 Å². The van der Waals surface area contributed by atoms with E-state index < -0.39 is 0 Å². The molecule has 0 bridgehead atoms. The number of rotatable bonds is 4. The Morgan fingerprint density at radius 2 is 2.44 bits per heavy atom. The quantitative estimate of drug-likeness (QED) is 0.322. The smallest absolute Gasteiger partial charge is 0.146 e. The van der Waals surface area contributed by atoms with Crippen molar-refractivity contribution >= 4 is 5.78 Å². The molecular weight excluding hydrogens is 122 g/mol. The number of carbonyl (C=O) groups is 1. The van der Waals surface area contributed by atoms with Crippen LogP contribution in [0, 0.1) is 0 Å². The van der Waals surface area contributed by atoms with Crippen molar-refractivity contribution in [3.05, 3.63) is 0 Å². The molecule has 0 aliphatic rings. The maximum Gasteiger partial charge on any atom is 0.146 e. The zero-order chi connectivity index (χ0) is 7.28. The molecule has 0 amide bonds. The minimum atomic E-state index is -0.253. The second kappa shape index (κ2) is 4.43. The summed E-state index contributed by atoms with van der Waals surface area (Å²) in [6.45, 7) is 3.15. The summed E-state index contributed by atoms with van der Waals surface area (Å²) in [5, 5.41) is 10.4. The number of nitrogens with one attached hydrogen (secondary N) is 1. The minimum absolute atomic E-state index is 0.0131. The Bertz CT molecular complexity index is 94.2. The van der Waals surface area contributed by atoms with E-state index in [1.807, 2.05) is 0 Å². The van der Waals surface area contributed by atoms with Crippen LogP contribution < -0.4 is 5.32 Å². The third-order valence-corrected chi connectivity index (χ3v) is 1.06. The average molecular weight is 133 g/mol. The van der Waals surface area contributed by atoms with Gasteiger partial charge in [0.25, 0.3) is 0 Å². The summed E-state index contributed by atoms with van der Waals surface area (Å²) in [7, 11) is 0. The molecule has 0 radical (unpaired) electrons. The molecule has 0 unspecified atom stereocenters. The molecule has 54 valence electrons. The Morgan fingerprint density at radius 3 is 2.78 bits per heavy atom. The molecule has 4 heteroatoms. The van der Waals surface area contributed by atoms with Crippen molar-refractivity contribution in [2.45, 2.75) is 19.9 Å². The highest BCUT2D eigenvalue weighted by atomic mass is 17.1. The van der Waals surface area contributed by atoms with Gasteiger partial charge in [0.05, 0.1) is 6.04 Å². The van der Waals surface area contributed by atoms with Gasteiger partial charge >= 0.3 is 0 Å². The lowest BCUT2D eigenvalue weighted by Crippen LogP contribution is -2.33. The fraction of sp³-hybridized carbons (Fsp3) is 0.800. The average Bonchev–Trinajstić information content (AvgIpc) is 1.82. The molecule has 0 rings (SSSR count). The van der Waals surface area contributed by atoms with Crippen LogP contribution in [0.3, 0.4) is 0 Å². The van der Waals surface area contributed by atoms with Crippen LogP contribution in [-0.2, 0) is 9.68 Å². The highest BCUT2D eigenvalue weighted by Crippen LogP contribution is 1.80. The molecule has 0 saturated carbocycles. The Morgan fingerprint density at radius 1 is 1.89 bits per heavy atom. The highest BCUT2D eigenvalue weighted by molar-refractivity contribution is 5.80. The molecular formula is C5H11NO3. The van der Waals surface area contributed by atoms with Crippen LogP contribution >= 0.6 is 0 Å². The summed E-state index contributed by atoms with van der Waals surface area (Å²) < 4.78 is 0. The summed E-state index contributed by atoms with van der Waals surface area (Å²) in [5.41, 5.74) is 0. The SMILES string of the molecule is CC(=O)[C@H](C)NCOO. The zero-order valence-electron chi connectivity index (χ0n) is 5.55. The predicted molar refractivity (Wildman–Crippen MR) is 31.9 cm³/mol. The Kier molecular flexibility index (Phi) is 4.21.